The highest BCUT2D eigenvalue weighted by Gasteiger charge is 2.06. The van der Waals surface area contributed by atoms with Crippen molar-refractivity contribution in [3.8, 4) is 5.69 Å². The molecule has 0 atom stereocenters. The van der Waals surface area contributed by atoms with Crippen LogP contribution in [0.15, 0.2) is 72.4 Å². The van der Waals surface area contributed by atoms with E-state index in [-0.39, 0.29) is 29.8 Å². The molecule has 2 heterocycles. The Morgan fingerprint density at radius 2 is 2.06 bits per heavy atom. The lowest BCUT2D eigenvalue weighted by molar-refractivity contribution is 0.615. The van der Waals surface area contributed by atoms with E-state index < -0.39 is 0 Å². The molecule has 0 aliphatic carbocycles. The van der Waals surface area contributed by atoms with Crippen molar-refractivity contribution in [1.29, 1.82) is 0 Å². The smallest absolute Gasteiger partial charge is 0.191 e. The lowest BCUT2D eigenvalue weighted by Gasteiger charge is -2.11. The third-order valence-corrected chi connectivity index (χ3v) is 4.92. The second-order valence-electron chi connectivity index (χ2n) is 6.99. The van der Waals surface area contributed by atoms with Crippen molar-refractivity contribution < 1.29 is 4.39 Å². The van der Waals surface area contributed by atoms with Gasteiger partial charge in [-0.05, 0) is 42.7 Å². The second kappa shape index (κ2) is 10.9. The summed E-state index contributed by atoms with van der Waals surface area (Å²) in [7, 11) is 0. The summed E-state index contributed by atoms with van der Waals surface area (Å²) in [5, 5.41) is 7.85. The Hall–Kier alpha value is -2.88. The Bertz CT molecular complexity index is 1140. The lowest BCUT2D eigenvalue weighted by Crippen LogP contribution is -2.38. The molecule has 6 nitrogen and oxygen atoms in total. The molecule has 0 spiro atoms. The van der Waals surface area contributed by atoms with Gasteiger partial charge in [-0.1, -0.05) is 24.3 Å². The number of imidazole rings is 1. The monoisotopic (exact) mass is 532 g/mol. The number of H-pyrrole nitrogens is 1. The molecule has 0 bridgehead atoms. The molecule has 162 valence electrons. The van der Waals surface area contributed by atoms with Gasteiger partial charge < -0.3 is 20.2 Å². The Balaban J connectivity index is 0.00000272. The van der Waals surface area contributed by atoms with E-state index in [1.54, 1.807) is 29.4 Å². The Labute approximate surface area is 198 Å². The molecule has 0 saturated carbocycles. The first-order chi connectivity index (χ1) is 14.7. The van der Waals surface area contributed by atoms with Gasteiger partial charge in [0.25, 0.3) is 0 Å². The van der Waals surface area contributed by atoms with Gasteiger partial charge in [-0.25, -0.2) is 14.4 Å². The van der Waals surface area contributed by atoms with Gasteiger partial charge >= 0.3 is 0 Å². The van der Waals surface area contributed by atoms with Gasteiger partial charge in [0.15, 0.2) is 5.96 Å². The van der Waals surface area contributed by atoms with Crippen LogP contribution in [-0.4, -0.2) is 33.6 Å². The summed E-state index contributed by atoms with van der Waals surface area (Å²) in [6.07, 6.45) is 7.86. The number of aromatic amines is 1. The minimum absolute atomic E-state index is 0. The Kier molecular flexibility index (Phi) is 8.05. The number of hydrogen-bond acceptors (Lipinski definition) is 2. The zero-order valence-electron chi connectivity index (χ0n) is 17.3. The number of para-hydroxylation sites is 1. The van der Waals surface area contributed by atoms with Crippen molar-refractivity contribution >= 4 is 40.8 Å². The van der Waals surface area contributed by atoms with E-state index in [4.69, 9.17) is 0 Å². The molecule has 2 aromatic carbocycles. The number of aromatic nitrogens is 3. The molecule has 8 heteroatoms. The van der Waals surface area contributed by atoms with E-state index in [1.807, 2.05) is 19.1 Å². The minimum Gasteiger partial charge on any atom is -0.361 e. The highest BCUT2D eigenvalue weighted by Crippen LogP contribution is 2.18. The topological polar surface area (TPSA) is 70.0 Å². The van der Waals surface area contributed by atoms with Crippen LogP contribution in [0.5, 0.6) is 0 Å². The molecule has 0 aliphatic heterocycles. The van der Waals surface area contributed by atoms with Gasteiger partial charge in [0, 0.05) is 42.6 Å². The van der Waals surface area contributed by atoms with E-state index in [0.717, 1.165) is 36.6 Å². The number of guanidine groups is 1. The molecular weight excluding hydrogens is 506 g/mol. The number of fused-ring (bicyclic) bond motifs is 1. The third kappa shape index (κ3) is 5.63. The van der Waals surface area contributed by atoms with Crippen LogP contribution in [0.1, 0.15) is 18.1 Å². The maximum atomic E-state index is 14.4. The highest BCUT2D eigenvalue weighted by atomic mass is 127. The zero-order valence-corrected chi connectivity index (χ0v) is 19.6. The van der Waals surface area contributed by atoms with Gasteiger partial charge in [-0.3, -0.25) is 0 Å². The van der Waals surface area contributed by atoms with Crippen molar-refractivity contribution in [3.63, 3.8) is 0 Å². The fraction of sp³-hybridized carbons (Fsp3) is 0.217. The molecule has 2 aromatic heterocycles. The van der Waals surface area contributed by atoms with E-state index in [2.05, 4.69) is 50.0 Å². The summed E-state index contributed by atoms with van der Waals surface area (Å²) in [6.45, 7) is 3.93. The first kappa shape index (κ1) is 22.8. The van der Waals surface area contributed by atoms with Crippen molar-refractivity contribution in [2.75, 3.05) is 13.1 Å². The van der Waals surface area contributed by atoms with Crippen LogP contribution < -0.4 is 10.6 Å². The van der Waals surface area contributed by atoms with Gasteiger partial charge in [-0.15, -0.1) is 24.0 Å². The molecule has 0 radical (unpaired) electrons. The SMILES string of the molecule is CCNC(=NCc1ccc(-n2ccnc2)c(F)c1)NCCc1c[nH]c2ccccc12.I. The number of hydrogen-bond donors (Lipinski definition) is 3. The summed E-state index contributed by atoms with van der Waals surface area (Å²) >= 11 is 0. The first-order valence-corrected chi connectivity index (χ1v) is 10.1. The molecule has 0 saturated heterocycles. The fourth-order valence-corrected chi connectivity index (χ4v) is 3.43. The summed E-state index contributed by atoms with van der Waals surface area (Å²) in [6, 6.07) is 13.4. The molecule has 0 fully saturated rings. The standard InChI is InChI=1S/C23H25FN6.HI/c1-2-26-23(27-10-9-18-15-28-21-6-4-3-5-19(18)21)29-14-17-7-8-22(20(24)13-17)30-12-11-25-16-30;/h3-8,11-13,15-16,28H,2,9-10,14H2,1H3,(H2,26,27,29);1H. The van der Waals surface area contributed by atoms with E-state index in [9.17, 15) is 4.39 Å². The zero-order chi connectivity index (χ0) is 20.8. The van der Waals surface area contributed by atoms with Gasteiger partial charge in [0.1, 0.15) is 5.82 Å². The molecule has 4 rings (SSSR count). The fourth-order valence-electron chi connectivity index (χ4n) is 3.43. The maximum absolute atomic E-state index is 14.4. The van der Waals surface area contributed by atoms with E-state index in [0.29, 0.717) is 12.2 Å². The summed E-state index contributed by atoms with van der Waals surface area (Å²) in [5.41, 5.74) is 3.70. The summed E-state index contributed by atoms with van der Waals surface area (Å²) in [4.78, 5) is 11.9. The largest absolute Gasteiger partial charge is 0.361 e. The number of halogens is 2. The van der Waals surface area contributed by atoms with Crippen LogP contribution in [0.3, 0.4) is 0 Å². The molecule has 4 aromatic rings. The molecule has 31 heavy (non-hydrogen) atoms. The predicted octanol–water partition coefficient (Wildman–Crippen LogP) is 4.41. The number of nitrogens with one attached hydrogen (secondary N) is 3. The van der Waals surface area contributed by atoms with Crippen molar-refractivity contribution in [1.82, 2.24) is 25.2 Å². The predicted molar refractivity (Wildman–Crippen MR) is 134 cm³/mol. The van der Waals surface area contributed by atoms with Crippen LogP contribution >= 0.6 is 24.0 Å². The lowest BCUT2D eigenvalue weighted by atomic mass is 10.1. The quantitative estimate of drug-likeness (QED) is 0.188. The molecule has 0 amide bonds. The maximum Gasteiger partial charge on any atom is 0.191 e. The number of aliphatic imine (C=N–C) groups is 1. The number of rotatable bonds is 7. The minimum atomic E-state index is -0.294. The molecule has 3 N–H and O–H groups in total. The summed E-state index contributed by atoms with van der Waals surface area (Å²) in [5.74, 6) is 0.425. The Morgan fingerprint density at radius 3 is 2.84 bits per heavy atom. The molecule has 0 unspecified atom stereocenters. The van der Waals surface area contributed by atoms with Crippen LogP contribution in [0.25, 0.3) is 16.6 Å². The molecular formula is C23H26FIN6. The van der Waals surface area contributed by atoms with Gasteiger partial charge in [0.05, 0.1) is 18.6 Å². The van der Waals surface area contributed by atoms with Crippen LogP contribution in [-0.2, 0) is 13.0 Å². The molecule has 0 aliphatic rings. The van der Waals surface area contributed by atoms with Crippen LogP contribution in [0.2, 0.25) is 0 Å². The third-order valence-electron chi connectivity index (χ3n) is 4.92. The normalized spacial score (nSPS) is 11.4. The number of nitrogens with zero attached hydrogens (tertiary/aromatic N) is 3. The second-order valence-corrected chi connectivity index (χ2v) is 6.99. The van der Waals surface area contributed by atoms with E-state index >= 15 is 0 Å². The first-order valence-electron chi connectivity index (χ1n) is 10.1. The number of benzene rings is 2. The van der Waals surface area contributed by atoms with Crippen molar-refractivity contribution in [2.45, 2.75) is 19.9 Å². The van der Waals surface area contributed by atoms with Crippen LogP contribution in [0, 0.1) is 5.82 Å². The highest BCUT2D eigenvalue weighted by molar-refractivity contribution is 14.0. The summed E-state index contributed by atoms with van der Waals surface area (Å²) < 4.78 is 16.1. The Morgan fingerprint density at radius 1 is 1.19 bits per heavy atom. The van der Waals surface area contributed by atoms with Gasteiger partial charge in [0.2, 0.25) is 0 Å². The van der Waals surface area contributed by atoms with Crippen LogP contribution in [0.4, 0.5) is 4.39 Å². The average Bonchev–Trinajstić information content (AvgIpc) is 3.43. The van der Waals surface area contributed by atoms with Gasteiger partial charge in [-0.2, -0.15) is 0 Å². The van der Waals surface area contributed by atoms with Crippen molar-refractivity contribution in [3.05, 3.63) is 84.3 Å². The average molecular weight is 532 g/mol. The van der Waals surface area contributed by atoms with E-state index in [1.165, 1.54) is 17.0 Å². The van der Waals surface area contributed by atoms with Crippen molar-refractivity contribution in [2.24, 2.45) is 4.99 Å².